The fourth-order valence-corrected chi connectivity index (χ4v) is 4.36. The highest BCUT2D eigenvalue weighted by atomic mass is 16.5. The third-order valence-corrected chi connectivity index (χ3v) is 6.02. The highest BCUT2D eigenvalue weighted by Gasteiger charge is 2.14. The molecule has 6 rings (SSSR count). The summed E-state index contributed by atoms with van der Waals surface area (Å²) in [5.41, 5.74) is 6.00. The van der Waals surface area contributed by atoms with E-state index in [0.717, 1.165) is 45.1 Å². The molecule has 0 saturated heterocycles. The topological polar surface area (TPSA) is 70.7 Å². The first-order valence-corrected chi connectivity index (χ1v) is 11.6. The Hall–Kier alpha value is -4.36. The lowest BCUT2D eigenvalue weighted by Gasteiger charge is -2.11. The summed E-state index contributed by atoms with van der Waals surface area (Å²) in [6.45, 7) is 2.01. The van der Waals surface area contributed by atoms with Crippen LogP contribution in [0.15, 0.2) is 97.3 Å². The molecule has 0 aliphatic heterocycles. The van der Waals surface area contributed by atoms with Crippen molar-refractivity contribution in [1.82, 2.24) is 29.1 Å². The van der Waals surface area contributed by atoms with E-state index >= 15 is 0 Å². The molecule has 0 bridgehead atoms. The van der Waals surface area contributed by atoms with Gasteiger partial charge in [-0.25, -0.2) is 9.97 Å². The molecule has 0 fully saturated rings. The van der Waals surface area contributed by atoms with Gasteiger partial charge in [-0.15, -0.1) is 0 Å². The Morgan fingerprint density at radius 3 is 1.46 bits per heavy atom. The van der Waals surface area contributed by atoms with E-state index < -0.39 is 0 Å². The quantitative estimate of drug-likeness (QED) is 0.320. The Kier molecular flexibility index (Phi) is 5.74. The summed E-state index contributed by atoms with van der Waals surface area (Å²) < 4.78 is 10.6. The van der Waals surface area contributed by atoms with E-state index in [0.29, 0.717) is 26.3 Å². The van der Waals surface area contributed by atoms with Crippen molar-refractivity contribution in [2.45, 2.75) is 26.3 Å². The number of para-hydroxylation sites is 4. The molecular formula is C28H24N6O. The zero-order valence-electron chi connectivity index (χ0n) is 19.2. The van der Waals surface area contributed by atoms with Crippen LogP contribution in [0.2, 0.25) is 0 Å². The molecule has 0 aliphatic carbocycles. The lowest BCUT2D eigenvalue weighted by molar-refractivity contribution is 0.0931. The molecular weight excluding hydrogens is 436 g/mol. The van der Waals surface area contributed by atoms with Crippen LogP contribution >= 0.6 is 0 Å². The van der Waals surface area contributed by atoms with Crippen LogP contribution in [0.25, 0.3) is 22.1 Å². The maximum absolute atomic E-state index is 6.21. The van der Waals surface area contributed by atoms with Gasteiger partial charge in [0, 0.05) is 12.4 Å². The van der Waals surface area contributed by atoms with Gasteiger partial charge in [-0.05, 0) is 48.5 Å². The summed E-state index contributed by atoms with van der Waals surface area (Å²) in [7, 11) is 0. The van der Waals surface area contributed by atoms with Crippen molar-refractivity contribution in [2.75, 3.05) is 0 Å². The number of benzene rings is 2. The van der Waals surface area contributed by atoms with Gasteiger partial charge in [-0.2, -0.15) is 0 Å². The first-order valence-electron chi connectivity index (χ1n) is 11.6. The average Bonchev–Trinajstić information content (AvgIpc) is 3.43. The van der Waals surface area contributed by atoms with Crippen LogP contribution in [0.1, 0.15) is 23.0 Å². The number of imidazole rings is 2. The zero-order chi connectivity index (χ0) is 23.5. The van der Waals surface area contributed by atoms with Crippen LogP contribution < -0.4 is 0 Å². The number of aromatic nitrogens is 6. The van der Waals surface area contributed by atoms with Crippen LogP contribution in [0.4, 0.5) is 0 Å². The fourth-order valence-electron chi connectivity index (χ4n) is 4.36. The van der Waals surface area contributed by atoms with Crippen molar-refractivity contribution in [1.29, 1.82) is 0 Å². The summed E-state index contributed by atoms with van der Waals surface area (Å²) in [5, 5.41) is 0. The van der Waals surface area contributed by atoms with E-state index in [1.807, 2.05) is 85.2 Å². The largest absolute Gasteiger partial charge is 0.366 e. The molecule has 0 saturated carbocycles. The predicted molar refractivity (Wildman–Crippen MR) is 135 cm³/mol. The summed E-state index contributed by atoms with van der Waals surface area (Å²) in [6, 6.07) is 28.2. The van der Waals surface area contributed by atoms with Gasteiger partial charge in [0.2, 0.25) is 0 Å². The molecule has 0 amide bonds. The SMILES string of the molecule is c1ccc(Cn2c(COCc3nc4ccccc4n3Cc3ccccn3)nc3ccccc32)nc1. The van der Waals surface area contributed by atoms with E-state index in [9.17, 15) is 0 Å². The fraction of sp³-hybridized carbons (Fsp3) is 0.143. The van der Waals surface area contributed by atoms with Crippen LogP contribution in [0.5, 0.6) is 0 Å². The van der Waals surface area contributed by atoms with Crippen molar-refractivity contribution in [3.8, 4) is 0 Å². The molecule has 6 aromatic rings. The Morgan fingerprint density at radius 2 is 1.00 bits per heavy atom. The number of nitrogens with zero attached hydrogens (tertiary/aromatic N) is 6. The minimum absolute atomic E-state index is 0.369. The molecule has 0 radical (unpaired) electrons. The summed E-state index contributed by atoms with van der Waals surface area (Å²) in [6.07, 6.45) is 3.63. The number of fused-ring (bicyclic) bond motifs is 2. The second-order valence-corrected chi connectivity index (χ2v) is 8.34. The molecule has 7 heteroatoms. The second kappa shape index (κ2) is 9.48. The molecule has 7 nitrogen and oxygen atoms in total. The van der Waals surface area contributed by atoms with E-state index in [2.05, 4.69) is 31.2 Å². The van der Waals surface area contributed by atoms with Crippen molar-refractivity contribution >= 4 is 22.1 Å². The van der Waals surface area contributed by atoms with E-state index in [-0.39, 0.29) is 0 Å². The van der Waals surface area contributed by atoms with Gasteiger partial charge >= 0.3 is 0 Å². The normalized spacial score (nSPS) is 11.4. The molecule has 172 valence electrons. The maximum atomic E-state index is 6.21. The van der Waals surface area contributed by atoms with Crippen molar-refractivity contribution in [3.05, 3.63) is 120 Å². The lowest BCUT2D eigenvalue weighted by Crippen LogP contribution is -2.10. The van der Waals surface area contributed by atoms with Gasteiger partial charge in [0.25, 0.3) is 0 Å². The van der Waals surface area contributed by atoms with Crippen LogP contribution in [0, 0.1) is 0 Å². The molecule has 2 aromatic carbocycles. The molecule has 0 N–H and O–H groups in total. The summed E-state index contributed by atoms with van der Waals surface area (Å²) >= 11 is 0. The first kappa shape index (κ1) is 21.2. The number of rotatable bonds is 8. The van der Waals surface area contributed by atoms with Gasteiger partial charge in [0.05, 0.1) is 46.5 Å². The number of hydrogen-bond donors (Lipinski definition) is 0. The van der Waals surface area contributed by atoms with Crippen LogP contribution in [0.3, 0.4) is 0 Å². The second-order valence-electron chi connectivity index (χ2n) is 8.34. The van der Waals surface area contributed by atoms with Gasteiger partial charge in [0.1, 0.15) is 24.9 Å². The monoisotopic (exact) mass is 460 g/mol. The summed E-state index contributed by atoms with van der Waals surface area (Å²) in [5.74, 6) is 1.73. The minimum Gasteiger partial charge on any atom is -0.366 e. The van der Waals surface area contributed by atoms with Gasteiger partial charge in [0.15, 0.2) is 0 Å². The Labute approximate surface area is 202 Å². The van der Waals surface area contributed by atoms with E-state index in [4.69, 9.17) is 14.7 Å². The maximum Gasteiger partial charge on any atom is 0.136 e. The third-order valence-electron chi connectivity index (χ3n) is 6.02. The minimum atomic E-state index is 0.369. The Morgan fingerprint density at radius 1 is 0.543 bits per heavy atom. The molecule has 4 heterocycles. The standard InChI is InChI=1S/C28H24N6O/c1-3-13-25-23(11-1)31-27(33(25)17-21-9-5-7-15-29-21)19-35-20-28-32-24-12-2-4-14-26(24)34(28)18-22-10-6-8-16-30-22/h1-16H,17-20H2. The van der Waals surface area contributed by atoms with Gasteiger partial charge in [-0.3, -0.25) is 9.97 Å². The number of ether oxygens (including phenoxy) is 1. The van der Waals surface area contributed by atoms with Crippen LogP contribution in [-0.4, -0.2) is 29.1 Å². The molecule has 0 unspecified atom stereocenters. The Bertz CT molecular complexity index is 1450. The van der Waals surface area contributed by atoms with Crippen molar-refractivity contribution < 1.29 is 4.74 Å². The predicted octanol–water partition coefficient (Wildman–Crippen LogP) is 4.99. The first-order chi connectivity index (χ1) is 17.3. The molecule has 0 spiro atoms. The molecule has 0 aliphatic rings. The highest BCUT2D eigenvalue weighted by Crippen LogP contribution is 2.21. The third kappa shape index (κ3) is 4.41. The van der Waals surface area contributed by atoms with Gasteiger partial charge < -0.3 is 13.9 Å². The molecule has 4 aromatic heterocycles. The Balaban J connectivity index is 1.27. The molecule has 0 atom stereocenters. The summed E-state index contributed by atoms with van der Waals surface area (Å²) in [4.78, 5) is 18.7. The van der Waals surface area contributed by atoms with E-state index in [1.54, 1.807) is 0 Å². The number of hydrogen-bond acceptors (Lipinski definition) is 5. The van der Waals surface area contributed by atoms with Crippen LogP contribution in [-0.2, 0) is 31.0 Å². The zero-order valence-corrected chi connectivity index (χ0v) is 19.2. The van der Waals surface area contributed by atoms with Gasteiger partial charge in [-0.1, -0.05) is 36.4 Å². The van der Waals surface area contributed by atoms with Crippen molar-refractivity contribution in [3.63, 3.8) is 0 Å². The highest BCUT2D eigenvalue weighted by molar-refractivity contribution is 5.76. The van der Waals surface area contributed by atoms with Crippen molar-refractivity contribution in [2.24, 2.45) is 0 Å². The smallest absolute Gasteiger partial charge is 0.136 e. The number of pyridine rings is 2. The van der Waals surface area contributed by atoms with E-state index in [1.165, 1.54) is 0 Å². The average molecular weight is 461 g/mol. The molecule has 35 heavy (non-hydrogen) atoms. The lowest BCUT2D eigenvalue weighted by atomic mass is 10.3.